The smallest absolute Gasteiger partial charge is 0.178 e. The van der Waals surface area contributed by atoms with Gasteiger partial charge in [0.25, 0.3) is 0 Å². The molecule has 86 valence electrons. The summed E-state index contributed by atoms with van der Waals surface area (Å²) in [6.45, 7) is 5.41. The lowest BCUT2D eigenvalue weighted by molar-refractivity contribution is 0.380. The molecule has 2 rings (SSSR count). The second-order valence-electron chi connectivity index (χ2n) is 3.81. The van der Waals surface area contributed by atoms with E-state index < -0.39 is 9.84 Å². The van der Waals surface area contributed by atoms with Crippen LogP contribution in [0.25, 0.3) is 0 Å². The van der Waals surface area contributed by atoms with Gasteiger partial charge in [-0.25, -0.2) is 8.42 Å². The third kappa shape index (κ3) is 1.97. The van der Waals surface area contributed by atoms with Crippen LogP contribution in [-0.4, -0.2) is 14.2 Å². The van der Waals surface area contributed by atoms with Gasteiger partial charge in [0, 0.05) is 6.42 Å². The summed E-state index contributed by atoms with van der Waals surface area (Å²) in [5, 5.41) is 0. The van der Waals surface area contributed by atoms with Gasteiger partial charge in [-0.1, -0.05) is 13.5 Å². The van der Waals surface area contributed by atoms with E-state index in [4.69, 9.17) is 4.74 Å². The highest BCUT2D eigenvalue weighted by Crippen LogP contribution is 2.30. The van der Waals surface area contributed by atoms with Gasteiger partial charge in [-0.15, -0.1) is 0 Å². The first-order valence-corrected chi connectivity index (χ1v) is 6.89. The molecule has 1 aromatic carbocycles. The van der Waals surface area contributed by atoms with E-state index in [-0.39, 0.29) is 5.75 Å². The molecule has 0 saturated carbocycles. The minimum absolute atomic E-state index is 0.124. The first-order valence-electron chi connectivity index (χ1n) is 5.24. The van der Waals surface area contributed by atoms with Crippen LogP contribution in [0.1, 0.15) is 18.9 Å². The molecule has 0 fully saturated rings. The van der Waals surface area contributed by atoms with Crippen molar-refractivity contribution in [1.82, 2.24) is 0 Å². The Bertz CT molecular complexity index is 529. The van der Waals surface area contributed by atoms with Crippen LogP contribution in [0.2, 0.25) is 0 Å². The predicted molar refractivity (Wildman–Crippen MR) is 62.3 cm³/mol. The third-order valence-corrected chi connectivity index (χ3v) is 4.43. The molecule has 0 radical (unpaired) electrons. The lowest BCUT2D eigenvalue weighted by Gasteiger charge is -2.19. The molecular weight excluding hydrogens is 224 g/mol. The fourth-order valence-electron chi connectivity index (χ4n) is 1.69. The van der Waals surface area contributed by atoms with E-state index in [1.165, 1.54) is 0 Å². The van der Waals surface area contributed by atoms with Crippen LogP contribution in [0.15, 0.2) is 35.4 Å². The van der Waals surface area contributed by atoms with Crippen molar-refractivity contribution in [2.45, 2.75) is 24.7 Å². The summed E-state index contributed by atoms with van der Waals surface area (Å²) in [5.74, 6) is 1.59. The highest BCUT2D eigenvalue weighted by Gasteiger charge is 2.18. The quantitative estimate of drug-likeness (QED) is 0.794. The fourth-order valence-corrected chi connectivity index (χ4v) is 2.62. The Morgan fingerprint density at radius 1 is 1.38 bits per heavy atom. The molecule has 4 heteroatoms. The molecule has 1 heterocycles. The van der Waals surface area contributed by atoms with Crippen molar-refractivity contribution in [2.75, 3.05) is 5.75 Å². The van der Waals surface area contributed by atoms with Gasteiger partial charge in [0.1, 0.15) is 5.75 Å². The molecule has 0 aliphatic carbocycles. The van der Waals surface area contributed by atoms with Crippen LogP contribution in [0.3, 0.4) is 0 Å². The molecule has 0 aromatic heterocycles. The van der Waals surface area contributed by atoms with Gasteiger partial charge in [0.15, 0.2) is 9.84 Å². The van der Waals surface area contributed by atoms with Crippen molar-refractivity contribution in [3.8, 4) is 5.75 Å². The Morgan fingerprint density at radius 2 is 2.12 bits per heavy atom. The summed E-state index contributed by atoms with van der Waals surface area (Å²) in [6.07, 6.45) is 1.55. The Balaban J connectivity index is 2.45. The molecule has 16 heavy (non-hydrogen) atoms. The zero-order valence-electron chi connectivity index (χ0n) is 9.19. The van der Waals surface area contributed by atoms with Crippen molar-refractivity contribution >= 4 is 9.84 Å². The van der Waals surface area contributed by atoms with E-state index in [0.29, 0.717) is 4.90 Å². The predicted octanol–water partition coefficient (Wildman–Crippen LogP) is 2.32. The molecule has 0 bridgehead atoms. The zero-order valence-corrected chi connectivity index (χ0v) is 10.0. The topological polar surface area (TPSA) is 43.4 Å². The largest absolute Gasteiger partial charge is 0.462 e. The summed E-state index contributed by atoms with van der Waals surface area (Å²) in [4.78, 5) is 0.380. The minimum Gasteiger partial charge on any atom is -0.462 e. The van der Waals surface area contributed by atoms with Crippen molar-refractivity contribution in [3.05, 3.63) is 36.1 Å². The van der Waals surface area contributed by atoms with E-state index in [1.807, 2.05) is 0 Å². The van der Waals surface area contributed by atoms with Crippen LogP contribution in [0.5, 0.6) is 5.75 Å². The zero-order chi connectivity index (χ0) is 11.8. The lowest BCUT2D eigenvalue weighted by Crippen LogP contribution is -2.09. The molecular formula is C12H14O3S. The van der Waals surface area contributed by atoms with Gasteiger partial charge in [0.05, 0.1) is 16.4 Å². The SMILES string of the molecule is C=C1CCc2cc(S(=O)(=O)CC)ccc2O1. The monoisotopic (exact) mass is 238 g/mol. The fraction of sp³-hybridized carbons (Fsp3) is 0.333. The Kier molecular flexibility index (Phi) is 2.76. The summed E-state index contributed by atoms with van der Waals surface area (Å²) in [7, 11) is -3.12. The summed E-state index contributed by atoms with van der Waals surface area (Å²) in [6, 6.07) is 5.01. The van der Waals surface area contributed by atoms with Crippen LogP contribution in [0, 0.1) is 0 Å². The first-order chi connectivity index (χ1) is 7.53. The maximum absolute atomic E-state index is 11.7. The van der Waals surface area contributed by atoms with Gasteiger partial charge in [-0.05, 0) is 30.2 Å². The molecule has 0 atom stereocenters. The van der Waals surface area contributed by atoms with Gasteiger partial charge < -0.3 is 4.74 Å². The highest BCUT2D eigenvalue weighted by molar-refractivity contribution is 7.91. The highest BCUT2D eigenvalue weighted by atomic mass is 32.2. The lowest BCUT2D eigenvalue weighted by atomic mass is 10.1. The number of aryl methyl sites for hydroxylation is 1. The number of hydrogen-bond acceptors (Lipinski definition) is 3. The number of benzene rings is 1. The number of hydrogen-bond donors (Lipinski definition) is 0. The standard InChI is InChI=1S/C12H14O3S/c1-3-16(13,14)11-6-7-12-10(8-11)5-4-9(2)15-12/h6-8H,2-5H2,1H3. The molecule has 0 N–H and O–H groups in total. The summed E-state index contributed by atoms with van der Waals surface area (Å²) >= 11 is 0. The number of fused-ring (bicyclic) bond motifs is 1. The number of sulfone groups is 1. The van der Waals surface area contributed by atoms with E-state index in [9.17, 15) is 8.42 Å². The maximum atomic E-state index is 11.7. The van der Waals surface area contributed by atoms with Crippen molar-refractivity contribution in [2.24, 2.45) is 0 Å². The Morgan fingerprint density at radius 3 is 2.81 bits per heavy atom. The molecule has 1 aliphatic rings. The maximum Gasteiger partial charge on any atom is 0.178 e. The molecule has 0 amide bonds. The van der Waals surface area contributed by atoms with Gasteiger partial charge >= 0.3 is 0 Å². The summed E-state index contributed by atoms with van der Waals surface area (Å²) < 4.78 is 28.8. The Labute approximate surface area is 95.7 Å². The number of rotatable bonds is 2. The van der Waals surface area contributed by atoms with Crippen LogP contribution in [-0.2, 0) is 16.3 Å². The van der Waals surface area contributed by atoms with Gasteiger partial charge in [-0.3, -0.25) is 0 Å². The molecule has 0 saturated heterocycles. The van der Waals surface area contributed by atoms with E-state index >= 15 is 0 Å². The average molecular weight is 238 g/mol. The molecule has 1 aliphatic heterocycles. The number of ether oxygens (including phenoxy) is 1. The summed E-state index contributed by atoms with van der Waals surface area (Å²) in [5.41, 5.74) is 0.946. The van der Waals surface area contributed by atoms with Crippen LogP contribution in [0.4, 0.5) is 0 Å². The van der Waals surface area contributed by atoms with Crippen LogP contribution >= 0.6 is 0 Å². The molecule has 3 nitrogen and oxygen atoms in total. The average Bonchev–Trinajstić information content (AvgIpc) is 2.28. The van der Waals surface area contributed by atoms with Crippen LogP contribution < -0.4 is 4.74 Å². The normalized spacial score (nSPS) is 15.4. The molecule has 1 aromatic rings. The van der Waals surface area contributed by atoms with Gasteiger partial charge in [0.2, 0.25) is 0 Å². The van der Waals surface area contributed by atoms with E-state index in [2.05, 4.69) is 6.58 Å². The third-order valence-electron chi connectivity index (χ3n) is 2.70. The molecule has 0 unspecified atom stereocenters. The Hall–Kier alpha value is -1.29. The number of allylic oxidation sites excluding steroid dienone is 1. The second kappa shape index (κ2) is 3.94. The minimum atomic E-state index is -3.12. The van der Waals surface area contributed by atoms with Crippen molar-refractivity contribution in [1.29, 1.82) is 0 Å². The van der Waals surface area contributed by atoms with Gasteiger partial charge in [-0.2, -0.15) is 0 Å². The van der Waals surface area contributed by atoms with E-state index in [1.54, 1.807) is 25.1 Å². The van der Waals surface area contributed by atoms with E-state index in [0.717, 1.165) is 29.9 Å². The second-order valence-corrected chi connectivity index (χ2v) is 6.09. The van der Waals surface area contributed by atoms with Crippen molar-refractivity contribution < 1.29 is 13.2 Å². The first kappa shape index (κ1) is 11.2. The van der Waals surface area contributed by atoms with Crippen molar-refractivity contribution in [3.63, 3.8) is 0 Å². The molecule has 0 spiro atoms.